The van der Waals surface area contributed by atoms with Gasteiger partial charge in [0.05, 0.1) is 17.7 Å². The summed E-state index contributed by atoms with van der Waals surface area (Å²) >= 11 is 0. The van der Waals surface area contributed by atoms with Crippen LogP contribution in [0.5, 0.6) is 0 Å². The smallest absolute Gasteiger partial charge is 0.408 e. The highest BCUT2D eigenvalue weighted by Gasteiger charge is 2.43. The fraction of sp³-hybridized carbons (Fsp3) is 0.556. The molecule has 1 fully saturated rings. The average Bonchev–Trinajstić information content (AvgIpc) is 3.10. The standard InChI is InChI=1S/C18H25N3O4/c1-4-8-18(12-24-3)9-5-10-21(18)16(22)19-13-6-7-14-15(11-13)25-17(23)20(14)2/h6-7,11H,4-5,8-10,12H2,1-3H3,(H,19,22). The number of benzene rings is 1. The van der Waals surface area contributed by atoms with E-state index in [1.807, 2.05) is 4.90 Å². The number of rotatable bonds is 5. The summed E-state index contributed by atoms with van der Waals surface area (Å²) in [6.07, 6.45) is 3.84. The molecule has 2 aromatic rings. The van der Waals surface area contributed by atoms with E-state index in [9.17, 15) is 9.59 Å². The fourth-order valence-corrected chi connectivity index (χ4v) is 3.87. The highest BCUT2D eigenvalue weighted by molar-refractivity contribution is 5.92. The van der Waals surface area contributed by atoms with Crippen LogP contribution < -0.4 is 11.1 Å². The van der Waals surface area contributed by atoms with Gasteiger partial charge in [0.1, 0.15) is 0 Å². The summed E-state index contributed by atoms with van der Waals surface area (Å²) in [5, 5.41) is 2.94. The van der Waals surface area contributed by atoms with Crippen molar-refractivity contribution in [1.29, 1.82) is 0 Å². The van der Waals surface area contributed by atoms with E-state index in [0.717, 1.165) is 32.2 Å². The van der Waals surface area contributed by atoms with Gasteiger partial charge in [-0.2, -0.15) is 0 Å². The van der Waals surface area contributed by atoms with Gasteiger partial charge in [-0.3, -0.25) is 4.57 Å². The van der Waals surface area contributed by atoms with Crippen molar-refractivity contribution in [2.24, 2.45) is 7.05 Å². The molecule has 1 saturated heterocycles. The molecule has 2 heterocycles. The molecule has 1 aliphatic heterocycles. The van der Waals surface area contributed by atoms with Gasteiger partial charge in [-0.25, -0.2) is 9.59 Å². The molecule has 7 nitrogen and oxygen atoms in total. The number of carbonyl (C=O) groups excluding carboxylic acids is 1. The maximum atomic E-state index is 12.8. The second-order valence-electron chi connectivity index (χ2n) is 6.70. The van der Waals surface area contributed by atoms with Crippen LogP contribution in [0.4, 0.5) is 10.5 Å². The van der Waals surface area contributed by atoms with E-state index >= 15 is 0 Å². The number of aryl methyl sites for hydroxylation is 1. The average molecular weight is 347 g/mol. The Morgan fingerprint density at radius 1 is 1.44 bits per heavy atom. The predicted octanol–water partition coefficient (Wildman–Crippen LogP) is 2.94. The van der Waals surface area contributed by atoms with Crippen LogP contribution in [0, 0.1) is 0 Å². The van der Waals surface area contributed by atoms with E-state index in [0.29, 0.717) is 23.4 Å². The summed E-state index contributed by atoms with van der Waals surface area (Å²) in [7, 11) is 3.33. The molecule has 2 amide bonds. The highest BCUT2D eigenvalue weighted by Crippen LogP contribution is 2.34. The Morgan fingerprint density at radius 3 is 2.96 bits per heavy atom. The van der Waals surface area contributed by atoms with Gasteiger partial charge in [0.25, 0.3) is 0 Å². The van der Waals surface area contributed by atoms with Crippen LogP contribution in [0.2, 0.25) is 0 Å². The van der Waals surface area contributed by atoms with E-state index < -0.39 is 5.76 Å². The molecular weight excluding hydrogens is 322 g/mol. The summed E-state index contributed by atoms with van der Waals surface area (Å²) in [6, 6.07) is 5.10. The summed E-state index contributed by atoms with van der Waals surface area (Å²) in [6.45, 7) is 3.38. The third kappa shape index (κ3) is 3.16. The van der Waals surface area contributed by atoms with Crippen LogP contribution in [0.15, 0.2) is 27.4 Å². The van der Waals surface area contributed by atoms with Crippen LogP contribution in [0.25, 0.3) is 11.1 Å². The first kappa shape index (κ1) is 17.5. The minimum atomic E-state index is -0.417. The molecule has 1 atom stereocenters. The second kappa shape index (κ2) is 6.92. The molecule has 1 N–H and O–H groups in total. The first-order valence-electron chi connectivity index (χ1n) is 8.68. The quantitative estimate of drug-likeness (QED) is 0.902. The minimum Gasteiger partial charge on any atom is -0.408 e. The van der Waals surface area contributed by atoms with E-state index in [1.54, 1.807) is 32.4 Å². The van der Waals surface area contributed by atoms with Crippen molar-refractivity contribution in [1.82, 2.24) is 9.47 Å². The molecule has 0 aliphatic carbocycles. The number of oxazole rings is 1. The number of urea groups is 1. The SMILES string of the molecule is CCCC1(COC)CCCN1C(=O)Nc1ccc2c(c1)oc(=O)n2C. The number of nitrogens with zero attached hydrogens (tertiary/aromatic N) is 2. The minimum absolute atomic E-state index is 0.138. The zero-order valence-electron chi connectivity index (χ0n) is 15.0. The molecule has 1 aromatic carbocycles. The van der Waals surface area contributed by atoms with Gasteiger partial charge >= 0.3 is 11.8 Å². The maximum Gasteiger partial charge on any atom is 0.419 e. The summed E-state index contributed by atoms with van der Waals surface area (Å²) < 4.78 is 12.0. The molecule has 7 heteroatoms. The molecule has 25 heavy (non-hydrogen) atoms. The number of carbonyl (C=O) groups is 1. The molecule has 0 saturated carbocycles. The Kier molecular flexibility index (Phi) is 4.85. The van der Waals surface area contributed by atoms with E-state index in [4.69, 9.17) is 9.15 Å². The van der Waals surface area contributed by atoms with Crippen LogP contribution >= 0.6 is 0 Å². The number of ether oxygens (including phenoxy) is 1. The highest BCUT2D eigenvalue weighted by atomic mass is 16.5. The van der Waals surface area contributed by atoms with Crippen molar-refractivity contribution in [3.8, 4) is 0 Å². The van der Waals surface area contributed by atoms with E-state index in [1.165, 1.54) is 4.57 Å². The van der Waals surface area contributed by atoms with Crippen LogP contribution in [-0.2, 0) is 11.8 Å². The molecule has 0 radical (unpaired) electrons. The van der Waals surface area contributed by atoms with Crippen molar-refractivity contribution >= 4 is 22.8 Å². The lowest BCUT2D eigenvalue weighted by Crippen LogP contribution is -2.51. The number of anilines is 1. The Morgan fingerprint density at radius 2 is 2.24 bits per heavy atom. The van der Waals surface area contributed by atoms with Gasteiger partial charge in [0, 0.05) is 32.5 Å². The van der Waals surface area contributed by atoms with Crippen LogP contribution in [-0.4, -0.2) is 41.3 Å². The Labute approximate surface area is 146 Å². The Hall–Kier alpha value is -2.28. The number of hydrogen-bond donors (Lipinski definition) is 1. The van der Waals surface area contributed by atoms with Crippen molar-refractivity contribution < 1.29 is 13.9 Å². The number of hydrogen-bond acceptors (Lipinski definition) is 4. The van der Waals surface area contributed by atoms with Crippen LogP contribution in [0.3, 0.4) is 0 Å². The predicted molar refractivity (Wildman–Crippen MR) is 95.9 cm³/mol. The lowest BCUT2D eigenvalue weighted by Gasteiger charge is -2.38. The maximum absolute atomic E-state index is 12.8. The number of aromatic nitrogens is 1. The number of nitrogens with one attached hydrogen (secondary N) is 1. The molecule has 1 unspecified atom stereocenters. The Bertz CT molecular complexity index is 817. The topological polar surface area (TPSA) is 76.7 Å². The fourth-order valence-electron chi connectivity index (χ4n) is 3.87. The van der Waals surface area contributed by atoms with Crippen molar-refractivity contribution in [2.45, 2.75) is 38.1 Å². The van der Waals surface area contributed by atoms with Gasteiger partial charge in [-0.1, -0.05) is 13.3 Å². The third-order valence-electron chi connectivity index (χ3n) is 5.01. The number of amides is 2. The van der Waals surface area contributed by atoms with Gasteiger partial charge in [-0.05, 0) is 31.4 Å². The molecule has 1 aromatic heterocycles. The first-order valence-corrected chi connectivity index (χ1v) is 8.68. The number of likely N-dealkylation sites (tertiary alicyclic amines) is 1. The van der Waals surface area contributed by atoms with E-state index in [2.05, 4.69) is 12.2 Å². The Balaban J connectivity index is 1.82. The van der Waals surface area contributed by atoms with Gasteiger partial charge in [0.2, 0.25) is 0 Å². The molecule has 3 rings (SSSR count). The van der Waals surface area contributed by atoms with Crippen molar-refractivity contribution in [2.75, 3.05) is 25.6 Å². The van der Waals surface area contributed by atoms with Gasteiger partial charge in [0.15, 0.2) is 5.58 Å². The molecular formula is C18H25N3O4. The van der Waals surface area contributed by atoms with Gasteiger partial charge in [-0.15, -0.1) is 0 Å². The largest absolute Gasteiger partial charge is 0.419 e. The molecule has 1 aliphatic rings. The summed E-state index contributed by atoms with van der Waals surface area (Å²) in [4.78, 5) is 26.3. The molecule has 0 spiro atoms. The monoisotopic (exact) mass is 347 g/mol. The second-order valence-corrected chi connectivity index (χ2v) is 6.70. The lowest BCUT2D eigenvalue weighted by molar-refractivity contribution is 0.0540. The summed E-state index contributed by atoms with van der Waals surface area (Å²) in [5.74, 6) is -0.417. The molecule has 0 bridgehead atoms. The normalized spacial score (nSPS) is 20.4. The van der Waals surface area contributed by atoms with Crippen molar-refractivity contribution in [3.05, 3.63) is 28.7 Å². The third-order valence-corrected chi connectivity index (χ3v) is 5.01. The van der Waals surface area contributed by atoms with E-state index in [-0.39, 0.29) is 11.6 Å². The summed E-state index contributed by atoms with van der Waals surface area (Å²) in [5.41, 5.74) is 1.53. The van der Waals surface area contributed by atoms with Crippen LogP contribution in [0.1, 0.15) is 32.6 Å². The van der Waals surface area contributed by atoms with Gasteiger partial charge < -0.3 is 19.4 Å². The number of methoxy groups -OCH3 is 1. The zero-order valence-corrected chi connectivity index (χ0v) is 15.0. The lowest BCUT2D eigenvalue weighted by atomic mass is 9.91. The number of fused-ring (bicyclic) bond motifs is 1. The zero-order chi connectivity index (χ0) is 18.0. The molecule has 136 valence electrons. The first-order chi connectivity index (χ1) is 12.0. The van der Waals surface area contributed by atoms with Crippen molar-refractivity contribution in [3.63, 3.8) is 0 Å².